The van der Waals surface area contributed by atoms with Gasteiger partial charge in [-0.15, -0.1) is 0 Å². The van der Waals surface area contributed by atoms with Crippen LogP contribution in [0.3, 0.4) is 0 Å². The lowest BCUT2D eigenvalue weighted by molar-refractivity contribution is 0.219. The molecule has 2 aromatic carbocycles. The molecule has 2 aromatic rings. The summed E-state index contributed by atoms with van der Waals surface area (Å²) in [5.74, 6) is 0. The molecular weight excluding hydrogens is 415 g/mol. The van der Waals surface area contributed by atoms with Gasteiger partial charge < -0.3 is 5.11 Å². The van der Waals surface area contributed by atoms with Crippen molar-refractivity contribution in [3.05, 3.63) is 66.7 Å². The summed E-state index contributed by atoms with van der Waals surface area (Å²) in [5.41, 5.74) is 4.77. The van der Waals surface area contributed by atoms with Crippen molar-refractivity contribution in [2.75, 3.05) is 0 Å². The van der Waals surface area contributed by atoms with Crippen molar-refractivity contribution in [1.82, 2.24) is 0 Å². The molecule has 0 aliphatic heterocycles. The minimum atomic E-state index is -0.560. The molecule has 98 valence electrons. The lowest BCUT2D eigenvalue weighted by atomic mass is 9.98. The van der Waals surface area contributed by atoms with Crippen molar-refractivity contribution in [3.63, 3.8) is 0 Å². The van der Waals surface area contributed by atoms with Crippen LogP contribution in [0.15, 0.2) is 40.9 Å². The minimum absolute atomic E-state index is 0.560. The lowest BCUT2D eigenvalue weighted by Crippen LogP contribution is -2.02. The van der Waals surface area contributed by atoms with E-state index in [0.29, 0.717) is 0 Å². The van der Waals surface area contributed by atoms with Crippen LogP contribution in [-0.2, 0) is 12.8 Å². The number of hydrogen-bond acceptors (Lipinski definition) is 1. The van der Waals surface area contributed by atoms with Gasteiger partial charge in [-0.05, 0) is 76.7 Å². The second-order valence-electron chi connectivity index (χ2n) is 4.95. The number of aryl methyl sites for hydroxylation is 2. The number of rotatable bonds is 2. The van der Waals surface area contributed by atoms with Crippen LogP contribution in [0, 0.1) is 3.57 Å². The first-order valence-electron chi connectivity index (χ1n) is 6.40. The summed E-state index contributed by atoms with van der Waals surface area (Å²) in [5, 5.41) is 10.6. The highest BCUT2D eigenvalue weighted by atomic mass is 127. The molecular formula is C16H14BrIO. The van der Waals surface area contributed by atoms with Gasteiger partial charge >= 0.3 is 0 Å². The highest BCUT2D eigenvalue weighted by Gasteiger charge is 2.17. The van der Waals surface area contributed by atoms with Crippen molar-refractivity contribution < 1.29 is 5.11 Å². The molecule has 1 atom stereocenters. The van der Waals surface area contributed by atoms with Crippen molar-refractivity contribution in [3.8, 4) is 0 Å². The first kappa shape index (κ1) is 13.6. The molecule has 0 spiro atoms. The Labute approximate surface area is 135 Å². The maximum atomic E-state index is 10.6. The highest BCUT2D eigenvalue weighted by molar-refractivity contribution is 14.1. The van der Waals surface area contributed by atoms with Crippen LogP contribution in [-0.4, -0.2) is 5.11 Å². The van der Waals surface area contributed by atoms with E-state index < -0.39 is 6.10 Å². The van der Waals surface area contributed by atoms with Gasteiger partial charge in [-0.1, -0.05) is 34.1 Å². The molecule has 3 rings (SSSR count). The standard InChI is InChI=1S/C16H14BrIO/c17-15-7-6-13(18)9-14(15)16(19)12-5-4-10-2-1-3-11(10)8-12/h4-9,16,19H,1-3H2. The van der Waals surface area contributed by atoms with Crippen LogP contribution in [0.5, 0.6) is 0 Å². The predicted octanol–water partition coefficient (Wildman–Crippen LogP) is 4.62. The number of hydrogen-bond donors (Lipinski definition) is 1. The van der Waals surface area contributed by atoms with Gasteiger partial charge in [0.1, 0.15) is 6.10 Å². The molecule has 0 bridgehead atoms. The van der Waals surface area contributed by atoms with E-state index in [0.717, 1.165) is 25.6 Å². The molecule has 1 N–H and O–H groups in total. The van der Waals surface area contributed by atoms with Crippen LogP contribution in [0.2, 0.25) is 0 Å². The highest BCUT2D eigenvalue weighted by Crippen LogP contribution is 2.32. The Kier molecular flexibility index (Phi) is 3.96. The molecule has 0 heterocycles. The Balaban J connectivity index is 1.99. The zero-order chi connectivity index (χ0) is 13.4. The number of aliphatic hydroxyl groups is 1. The maximum Gasteiger partial charge on any atom is 0.105 e. The van der Waals surface area contributed by atoms with E-state index in [1.807, 2.05) is 18.2 Å². The minimum Gasteiger partial charge on any atom is -0.384 e. The molecule has 1 unspecified atom stereocenters. The summed E-state index contributed by atoms with van der Waals surface area (Å²) in [6.07, 6.45) is 3.00. The van der Waals surface area contributed by atoms with E-state index in [-0.39, 0.29) is 0 Å². The number of halogens is 2. The van der Waals surface area contributed by atoms with Crippen LogP contribution < -0.4 is 0 Å². The third-order valence-corrected chi connectivity index (χ3v) is 5.08. The number of fused-ring (bicyclic) bond motifs is 1. The SMILES string of the molecule is OC(c1ccc2c(c1)CCC2)c1cc(I)ccc1Br. The fraction of sp³-hybridized carbons (Fsp3) is 0.250. The van der Waals surface area contributed by atoms with Crippen molar-refractivity contribution >= 4 is 38.5 Å². The van der Waals surface area contributed by atoms with Gasteiger partial charge in [0.05, 0.1) is 0 Å². The molecule has 1 aliphatic carbocycles. The molecule has 19 heavy (non-hydrogen) atoms. The molecule has 0 fully saturated rings. The van der Waals surface area contributed by atoms with E-state index in [2.05, 4.69) is 56.7 Å². The third-order valence-electron chi connectivity index (χ3n) is 3.69. The molecule has 3 heteroatoms. The Morgan fingerprint density at radius 3 is 2.68 bits per heavy atom. The van der Waals surface area contributed by atoms with Gasteiger partial charge in [0.25, 0.3) is 0 Å². The topological polar surface area (TPSA) is 20.2 Å². The molecule has 0 radical (unpaired) electrons. The van der Waals surface area contributed by atoms with Gasteiger partial charge in [0.2, 0.25) is 0 Å². The van der Waals surface area contributed by atoms with Gasteiger partial charge in [-0.2, -0.15) is 0 Å². The average Bonchev–Trinajstić information content (AvgIpc) is 2.88. The summed E-state index contributed by atoms with van der Waals surface area (Å²) in [4.78, 5) is 0. The lowest BCUT2D eigenvalue weighted by Gasteiger charge is -2.15. The van der Waals surface area contributed by atoms with E-state index >= 15 is 0 Å². The second kappa shape index (κ2) is 5.54. The molecule has 0 saturated heterocycles. The summed E-state index contributed by atoms with van der Waals surface area (Å²) in [7, 11) is 0. The summed E-state index contributed by atoms with van der Waals surface area (Å²) >= 11 is 5.80. The zero-order valence-corrected chi connectivity index (χ0v) is 14.1. The van der Waals surface area contributed by atoms with E-state index in [9.17, 15) is 5.11 Å². The van der Waals surface area contributed by atoms with Gasteiger partial charge in [0, 0.05) is 13.6 Å². The average molecular weight is 429 g/mol. The van der Waals surface area contributed by atoms with E-state index in [1.54, 1.807) is 0 Å². The fourth-order valence-electron chi connectivity index (χ4n) is 2.67. The fourth-order valence-corrected chi connectivity index (χ4v) is 3.64. The molecule has 0 aromatic heterocycles. The van der Waals surface area contributed by atoms with Crippen molar-refractivity contribution in [1.29, 1.82) is 0 Å². The van der Waals surface area contributed by atoms with Crippen LogP contribution in [0.1, 0.15) is 34.8 Å². The Morgan fingerprint density at radius 2 is 1.84 bits per heavy atom. The second-order valence-corrected chi connectivity index (χ2v) is 7.05. The zero-order valence-electron chi connectivity index (χ0n) is 10.4. The summed E-state index contributed by atoms with van der Waals surface area (Å²) < 4.78 is 2.09. The van der Waals surface area contributed by atoms with Crippen LogP contribution >= 0.6 is 38.5 Å². The molecule has 0 saturated carbocycles. The van der Waals surface area contributed by atoms with Crippen molar-refractivity contribution in [2.24, 2.45) is 0 Å². The van der Waals surface area contributed by atoms with Crippen LogP contribution in [0.25, 0.3) is 0 Å². The molecule has 1 nitrogen and oxygen atoms in total. The normalized spacial score (nSPS) is 15.3. The Morgan fingerprint density at radius 1 is 1.05 bits per heavy atom. The number of aliphatic hydroxyl groups excluding tert-OH is 1. The van der Waals surface area contributed by atoms with Gasteiger partial charge in [-0.3, -0.25) is 0 Å². The third kappa shape index (κ3) is 2.73. The van der Waals surface area contributed by atoms with Gasteiger partial charge in [0.15, 0.2) is 0 Å². The van der Waals surface area contributed by atoms with Crippen LogP contribution in [0.4, 0.5) is 0 Å². The quantitative estimate of drug-likeness (QED) is 0.691. The first-order valence-corrected chi connectivity index (χ1v) is 8.27. The monoisotopic (exact) mass is 428 g/mol. The van der Waals surface area contributed by atoms with Gasteiger partial charge in [-0.25, -0.2) is 0 Å². The predicted molar refractivity (Wildman–Crippen MR) is 89.4 cm³/mol. The number of benzene rings is 2. The maximum absolute atomic E-state index is 10.6. The molecule has 1 aliphatic rings. The first-order chi connectivity index (χ1) is 9.15. The largest absolute Gasteiger partial charge is 0.384 e. The summed E-state index contributed by atoms with van der Waals surface area (Å²) in [6.45, 7) is 0. The smallest absolute Gasteiger partial charge is 0.105 e. The van der Waals surface area contributed by atoms with E-state index in [1.165, 1.54) is 24.0 Å². The van der Waals surface area contributed by atoms with Crippen molar-refractivity contribution in [2.45, 2.75) is 25.4 Å². The van der Waals surface area contributed by atoms with E-state index in [4.69, 9.17) is 0 Å². The summed E-state index contributed by atoms with van der Waals surface area (Å²) in [6, 6.07) is 12.4. The Hall–Kier alpha value is -0.390. The molecule has 0 amide bonds. The Bertz CT molecular complexity index is 624.